The van der Waals surface area contributed by atoms with E-state index in [2.05, 4.69) is 28.4 Å². The number of nitrogens with zero attached hydrogens (tertiary/aromatic N) is 2. The van der Waals surface area contributed by atoms with Crippen LogP contribution in [-0.4, -0.2) is 36.0 Å². The van der Waals surface area contributed by atoms with Gasteiger partial charge in [-0.2, -0.15) is 5.26 Å². The molecule has 0 aromatic heterocycles. The number of hydrogen-bond acceptors (Lipinski definition) is 3. The zero-order valence-corrected chi connectivity index (χ0v) is 18.2. The van der Waals surface area contributed by atoms with Crippen LogP contribution in [0.3, 0.4) is 0 Å². The molecule has 0 atom stereocenters. The fourth-order valence-electron chi connectivity index (χ4n) is 5.21. The lowest BCUT2D eigenvalue weighted by Gasteiger charge is -2.43. The quantitative estimate of drug-likeness (QED) is 0.750. The Morgan fingerprint density at radius 3 is 2.34 bits per heavy atom. The number of hydrogen-bond donors (Lipinski definition) is 1. The van der Waals surface area contributed by atoms with Crippen molar-refractivity contribution in [2.75, 3.05) is 13.1 Å². The third kappa shape index (κ3) is 4.99. The lowest BCUT2D eigenvalue weighted by atomic mass is 9.69. The van der Waals surface area contributed by atoms with Gasteiger partial charge >= 0.3 is 0 Å². The lowest BCUT2D eigenvalue weighted by molar-refractivity contribution is -0.121. The van der Waals surface area contributed by atoms with Crippen molar-refractivity contribution in [2.45, 2.75) is 62.4 Å². The standard InChI is InChI=1S/C26H29F2N3O/c27-23-7-6-19(16-24(23)28)17-25(32)30-21-10-14-31(15-11-21)22-8-12-26(18-29,13-9-22)20-4-2-1-3-5-20/h1-7,16,21-22H,8-15,17H2,(H,30,32). The van der Waals surface area contributed by atoms with Gasteiger partial charge in [-0.15, -0.1) is 0 Å². The Labute approximate surface area is 188 Å². The van der Waals surface area contributed by atoms with Crippen LogP contribution >= 0.6 is 0 Å². The summed E-state index contributed by atoms with van der Waals surface area (Å²) in [5, 5.41) is 12.9. The number of nitrogens with one attached hydrogen (secondary N) is 1. The van der Waals surface area contributed by atoms with E-state index in [-0.39, 0.29) is 23.8 Å². The van der Waals surface area contributed by atoms with Gasteiger partial charge in [0.15, 0.2) is 11.6 Å². The van der Waals surface area contributed by atoms with Gasteiger partial charge in [0, 0.05) is 25.2 Å². The van der Waals surface area contributed by atoms with Gasteiger partial charge < -0.3 is 10.2 Å². The highest BCUT2D eigenvalue weighted by Crippen LogP contribution is 2.40. The highest BCUT2D eigenvalue weighted by molar-refractivity contribution is 5.78. The van der Waals surface area contributed by atoms with E-state index in [1.807, 2.05) is 18.2 Å². The van der Waals surface area contributed by atoms with Gasteiger partial charge in [0.25, 0.3) is 0 Å². The first-order chi connectivity index (χ1) is 15.5. The number of benzene rings is 2. The molecule has 6 heteroatoms. The van der Waals surface area contributed by atoms with Crippen molar-refractivity contribution in [3.05, 3.63) is 71.3 Å². The van der Waals surface area contributed by atoms with Gasteiger partial charge in [-0.3, -0.25) is 4.79 Å². The average molecular weight is 438 g/mol. The fraction of sp³-hybridized carbons (Fsp3) is 0.462. The van der Waals surface area contributed by atoms with Gasteiger partial charge in [0.05, 0.1) is 17.9 Å². The van der Waals surface area contributed by atoms with Gasteiger partial charge in [-0.05, 0) is 61.8 Å². The number of nitriles is 1. The highest BCUT2D eigenvalue weighted by Gasteiger charge is 2.39. The molecule has 1 N–H and O–H groups in total. The van der Waals surface area contributed by atoms with Crippen molar-refractivity contribution in [3.63, 3.8) is 0 Å². The van der Waals surface area contributed by atoms with E-state index < -0.39 is 11.6 Å². The predicted molar refractivity (Wildman–Crippen MR) is 119 cm³/mol. The van der Waals surface area contributed by atoms with Crippen molar-refractivity contribution in [1.82, 2.24) is 10.2 Å². The highest BCUT2D eigenvalue weighted by atomic mass is 19.2. The predicted octanol–water partition coefficient (Wildman–Crippen LogP) is 4.49. The first-order valence-electron chi connectivity index (χ1n) is 11.4. The molecule has 2 aromatic carbocycles. The molecule has 0 unspecified atom stereocenters. The summed E-state index contributed by atoms with van der Waals surface area (Å²) in [5.41, 5.74) is 1.23. The van der Waals surface area contributed by atoms with Crippen molar-refractivity contribution >= 4 is 5.91 Å². The van der Waals surface area contributed by atoms with E-state index in [9.17, 15) is 18.8 Å². The van der Waals surface area contributed by atoms with E-state index >= 15 is 0 Å². The Bertz CT molecular complexity index is 972. The summed E-state index contributed by atoms with van der Waals surface area (Å²) in [6.07, 6.45) is 5.58. The summed E-state index contributed by atoms with van der Waals surface area (Å²) < 4.78 is 26.4. The van der Waals surface area contributed by atoms with Gasteiger partial charge in [0.2, 0.25) is 5.91 Å². The molecule has 2 aliphatic rings. The van der Waals surface area contributed by atoms with Gasteiger partial charge in [-0.25, -0.2) is 8.78 Å². The maximum Gasteiger partial charge on any atom is 0.224 e. The van der Waals surface area contributed by atoms with Gasteiger partial charge in [0.1, 0.15) is 0 Å². The molecule has 2 fully saturated rings. The maximum atomic E-state index is 13.3. The number of rotatable bonds is 5. The smallest absolute Gasteiger partial charge is 0.224 e. The second kappa shape index (κ2) is 9.79. The van der Waals surface area contributed by atoms with E-state index in [0.717, 1.165) is 69.3 Å². The zero-order chi connectivity index (χ0) is 22.6. The molecule has 32 heavy (non-hydrogen) atoms. The molecular weight excluding hydrogens is 408 g/mol. The largest absolute Gasteiger partial charge is 0.353 e. The Morgan fingerprint density at radius 1 is 1.03 bits per heavy atom. The summed E-state index contributed by atoms with van der Waals surface area (Å²) >= 11 is 0. The van der Waals surface area contributed by atoms with E-state index in [0.29, 0.717) is 11.6 Å². The average Bonchev–Trinajstić information content (AvgIpc) is 2.82. The summed E-state index contributed by atoms with van der Waals surface area (Å²) in [7, 11) is 0. The Morgan fingerprint density at radius 2 is 1.72 bits per heavy atom. The minimum atomic E-state index is -0.927. The molecule has 1 heterocycles. The van der Waals surface area contributed by atoms with E-state index in [4.69, 9.17) is 0 Å². The number of amides is 1. The van der Waals surface area contributed by atoms with Crippen LogP contribution in [0.5, 0.6) is 0 Å². The normalized spacial score (nSPS) is 24.6. The van der Waals surface area contributed by atoms with Crippen LogP contribution in [0.4, 0.5) is 8.78 Å². The molecule has 4 rings (SSSR count). The molecule has 1 amide bonds. The molecule has 1 aliphatic carbocycles. The number of halogens is 2. The molecular formula is C26H29F2N3O. The van der Waals surface area contributed by atoms with E-state index in [1.165, 1.54) is 6.07 Å². The third-order valence-corrected chi connectivity index (χ3v) is 7.11. The van der Waals surface area contributed by atoms with Crippen molar-refractivity contribution in [2.24, 2.45) is 0 Å². The SMILES string of the molecule is N#CC1(c2ccccc2)CCC(N2CCC(NC(=O)Cc3ccc(F)c(F)c3)CC2)CC1. The zero-order valence-electron chi connectivity index (χ0n) is 18.2. The molecule has 0 spiro atoms. The summed E-state index contributed by atoms with van der Waals surface area (Å²) in [4.78, 5) is 14.8. The topological polar surface area (TPSA) is 56.1 Å². The molecule has 4 nitrogen and oxygen atoms in total. The Balaban J connectivity index is 1.24. The first-order valence-corrected chi connectivity index (χ1v) is 11.4. The molecule has 168 valence electrons. The number of carbonyl (C=O) groups is 1. The number of likely N-dealkylation sites (tertiary alicyclic amines) is 1. The van der Waals surface area contributed by atoms with E-state index in [1.54, 1.807) is 0 Å². The first kappa shape index (κ1) is 22.4. The lowest BCUT2D eigenvalue weighted by Crippen LogP contribution is -2.50. The number of carbonyl (C=O) groups excluding carboxylic acids is 1. The van der Waals surface area contributed by atoms with Crippen molar-refractivity contribution in [1.29, 1.82) is 5.26 Å². The minimum absolute atomic E-state index is 0.0514. The number of piperidine rings is 1. The fourth-order valence-corrected chi connectivity index (χ4v) is 5.21. The summed E-state index contributed by atoms with van der Waals surface area (Å²) in [6, 6.07) is 16.9. The molecule has 1 aliphatic heterocycles. The summed E-state index contributed by atoms with van der Waals surface area (Å²) in [5.74, 6) is -1.99. The molecule has 0 radical (unpaired) electrons. The molecule has 1 saturated heterocycles. The minimum Gasteiger partial charge on any atom is -0.353 e. The van der Waals surface area contributed by atoms with Crippen LogP contribution in [0.1, 0.15) is 49.7 Å². The van der Waals surface area contributed by atoms with Crippen LogP contribution in [0.15, 0.2) is 48.5 Å². The molecule has 2 aromatic rings. The van der Waals surface area contributed by atoms with Crippen molar-refractivity contribution in [3.8, 4) is 6.07 Å². The molecule has 1 saturated carbocycles. The Hall–Kier alpha value is -2.78. The second-order valence-electron chi connectivity index (χ2n) is 9.09. The van der Waals surface area contributed by atoms with Crippen LogP contribution < -0.4 is 5.32 Å². The Kier molecular flexibility index (Phi) is 6.86. The molecule has 0 bridgehead atoms. The van der Waals surface area contributed by atoms with Crippen molar-refractivity contribution < 1.29 is 13.6 Å². The third-order valence-electron chi connectivity index (χ3n) is 7.11. The van der Waals surface area contributed by atoms with Gasteiger partial charge in [-0.1, -0.05) is 36.4 Å². The maximum absolute atomic E-state index is 13.3. The van der Waals surface area contributed by atoms with Crippen LogP contribution in [0, 0.1) is 23.0 Å². The van der Waals surface area contributed by atoms with Crippen LogP contribution in [0.25, 0.3) is 0 Å². The second-order valence-corrected chi connectivity index (χ2v) is 9.09. The monoisotopic (exact) mass is 437 g/mol. The van der Waals surface area contributed by atoms with Crippen LogP contribution in [-0.2, 0) is 16.6 Å². The summed E-state index contributed by atoms with van der Waals surface area (Å²) in [6.45, 7) is 1.84. The van der Waals surface area contributed by atoms with Crippen LogP contribution in [0.2, 0.25) is 0 Å².